The van der Waals surface area contributed by atoms with Crippen LogP contribution in [0.2, 0.25) is 0 Å². The van der Waals surface area contributed by atoms with Crippen LogP contribution in [0, 0.1) is 5.92 Å². The van der Waals surface area contributed by atoms with E-state index in [-0.39, 0.29) is 6.61 Å². The largest absolute Gasteiger partial charge is 0.396 e. The van der Waals surface area contributed by atoms with E-state index in [1.807, 2.05) is 11.8 Å². The molecule has 0 fully saturated rings. The van der Waals surface area contributed by atoms with E-state index in [0.29, 0.717) is 5.92 Å². The maximum Gasteiger partial charge on any atom is 0.0464 e. The van der Waals surface area contributed by atoms with E-state index in [1.165, 1.54) is 35.3 Å². The third kappa shape index (κ3) is 2.76. The molecule has 0 aliphatic heterocycles. The van der Waals surface area contributed by atoms with Gasteiger partial charge in [0, 0.05) is 17.3 Å². The Labute approximate surface area is 95.9 Å². The highest BCUT2D eigenvalue weighted by Gasteiger charge is 2.11. The van der Waals surface area contributed by atoms with E-state index in [2.05, 4.69) is 25.1 Å². The van der Waals surface area contributed by atoms with Crippen LogP contribution in [0.1, 0.15) is 24.5 Å². The molecular formula is C13H18OS. The fraction of sp³-hybridized carbons (Fsp3) is 0.538. The number of hydrogen-bond donors (Lipinski definition) is 1. The molecule has 2 rings (SSSR count). The van der Waals surface area contributed by atoms with Gasteiger partial charge in [0.05, 0.1) is 0 Å². The summed E-state index contributed by atoms with van der Waals surface area (Å²) >= 11 is 1.86. The molecule has 1 aromatic rings. The van der Waals surface area contributed by atoms with Crippen LogP contribution in [0.25, 0.3) is 0 Å². The summed E-state index contributed by atoms with van der Waals surface area (Å²) in [4.78, 5) is 1.36. The SMILES string of the molecule is CC(CO)CSc1ccc2c(c1)CCC2. The predicted molar refractivity (Wildman–Crippen MR) is 65.4 cm³/mol. The lowest BCUT2D eigenvalue weighted by Gasteiger charge is -2.08. The molecule has 0 heterocycles. The van der Waals surface area contributed by atoms with E-state index >= 15 is 0 Å². The van der Waals surface area contributed by atoms with Crippen LogP contribution >= 0.6 is 11.8 Å². The summed E-state index contributed by atoms with van der Waals surface area (Å²) in [6.45, 7) is 2.37. The number of hydrogen-bond acceptors (Lipinski definition) is 2. The minimum atomic E-state index is 0.290. The van der Waals surface area contributed by atoms with Crippen molar-refractivity contribution in [1.29, 1.82) is 0 Å². The number of aliphatic hydroxyl groups is 1. The molecule has 1 N–H and O–H groups in total. The molecule has 1 atom stereocenters. The van der Waals surface area contributed by atoms with Crippen molar-refractivity contribution in [3.05, 3.63) is 29.3 Å². The quantitative estimate of drug-likeness (QED) is 0.790. The Morgan fingerprint density at radius 2 is 2.13 bits per heavy atom. The summed E-state index contributed by atoms with van der Waals surface area (Å²) < 4.78 is 0. The molecule has 0 amide bonds. The lowest BCUT2D eigenvalue weighted by atomic mass is 10.1. The molecule has 0 aromatic heterocycles. The van der Waals surface area contributed by atoms with Gasteiger partial charge in [0.25, 0.3) is 0 Å². The average Bonchev–Trinajstić information content (AvgIpc) is 2.72. The van der Waals surface area contributed by atoms with Crippen LogP contribution in [0.3, 0.4) is 0 Å². The molecular weight excluding hydrogens is 204 g/mol. The summed E-state index contributed by atoms with van der Waals surface area (Å²) in [5, 5.41) is 8.95. The van der Waals surface area contributed by atoms with Crippen molar-refractivity contribution in [2.45, 2.75) is 31.1 Å². The second-order valence-electron chi connectivity index (χ2n) is 4.38. The number of aliphatic hydroxyl groups excluding tert-OH is 1. The lowest BCUT2D eigenvalue weighted by Crippen LogP contribution is -2.03. The topological polar surface area (TPSA) is 20.2 Å². The first-order valence-electron chi connectivity index (χ1n) is 5.65. The minimum absolute atomic E-state index is 0.290. The fourth-order valence-corrected chi connectivity index (χ4v) is 2.90. The lowest BCUT2D eigenvalue weighted by molar-refractivity contribution is 0.250. The second kappa shape index (κ2) is 5.04. The Bertz CT molecular complexity index is 335. The molecule has 0 radical (unpaired) electrons. The Hall–Kier alpha value is -0.470. The van der Waals surface area contributed by atoms with Crippen molar-refractivity contribution in [3.63, 3.8) is 0 Å². The third-order valence-corrected chi connectivity index (χ3v) is 4.24. The zero-order chi connectivity index (χ0) is 10.7. The van der Waals surface area contributed by atoms with Gasteiger partial charge in [0.2, 0.25) is 0 Å². The van der Waals surface area contributed by atoms with Crippen molar-refractivity contribution < 1.29 is 5.11 Å². The van der Waals surface area contributed by atoms with Crippen molar-refractivity contribution >= 4 is 11.8 Å². The van der Waals surface area contributed by atoms with E-state index < -0.39 is 0 Å². The van der Waals surface area contributed by atoms with Crippen LogP contribution in [0.4, 0.5) is 0 Å². The van der Waals surface area contributed by atoms with Crippen LogP contribution < -0.4 is 0 Å². The van der Waals surface area contributed by atoms with Gasteiger partial charge in [-0.15, -0.1) is 11.8 Å². The predicted octanol–water partition coefficient (Wildman–Crippen LogP) is 2.90. The fourth-order valence-electron chi connectivity index (χ4n) is 1.93. The molecule has 0 bridgehead atoms. The van der Waals surface area contributed by atoms with Crippen LogP contribution in [0.15, 0.2) is 23.1 Å². The van der Waals surface area contributed by atoms with Crippen molar-refractivity contribution in [1.82, 2.24) is 0 Å². The van der Waals surface area contributed by atoms with E-state index in [4.69, 9.17) is 5.11 Å². The molecule has 0 saturated heterocycles. The Balaban J connectivity index is 1.98. The zero-order valence-corrected chi connectivity index (χ0v) is 10.0. The van der Waals surface area contributed by atoms with Crippen LogP contribution in [-0.2, 0) is 12.8 Å². The van der Waals surface area contributed by atoms with E-state index in [9.17, 15) is 0 Å². The van der Waals surface area contributed by atoms with Gasteiger partial charge in [-0.05, 0) is 48.4 Å². The number of rotatable bonds is 4. The Kier molecular flexibility index (Phi) is 3.71. The van der Waals surface area contributed by atoms with Crippen LogP contribution in [-0.4, -0.2) is 17.5 Å². The van der Waals surface area contributed by atoms with Gasteiger partial charge in [-0.1, -0.05) is 13.0 Å². The summed E-state index contributed by atoms with van der Waals surface area (Å²) in [5.41, 5.74) is 3.08. The van der Waals surface area contributed by atoms with Crippen molar-refractivity contribution in [2.75, 3.05) is 12.4 Å². The molecule has 1 aliphatic rings. The first-order valence-corrected chi connectivity index (χ1v) is 6.63. The zero-order valence-electron chi connectivity index (χ0n) is 9.20. The van der Waals surface area contributed by atoms with Gasteiger partial charge in [-0.25, -0.2) is 0 Å². The number of thioether (sulfide) groups is 1. The van der Waals surface area contributed by atoms with E-state index in [1.54, 1.807) is 0 Å². The highest BCUT2D eigenvalue weighted by molar-refractivity contribution is 7.99. The van der Waals surface area contributed by atoms with E-state index in [0.717, 1.165) is 5.75 Å². The maximum absolute atomic E-state index is 8.95. The van der Waals surface area contributed by atoms with Crippen LogP contribution in [0.5, 0.6) is 0 Å². The van der Waals surface area contributed by atoms with Gasteiger partial charge in [0.15, 0.2) is 0 Å². The highest BCUT2D eigenvalue weighted by Crippen LogP contribution is 2.28. The van der Waals surface area contributed by atoms with Gasteiger partial charge in [-0.2, -0.15) is 0 Å². The van der Waals surface area contributed by atoms with Gasteiger partial charge >= 0.3 is 0 Å². The molecule has 1 aromatic carbocycles. The monoisotopic (exact) mass is 222 g/mol. The number of benzene rings is 1. The molecule has 0 saturated carbocycles. The van der Waals surface area contributed by atoms with Gasteiger partial charge in [0.1, 0.15) is 0 Å². The summed E-state index contributed by atoms with van der Waals surface area (Å²) in [7, 11) is 0. The molecule has 82 valence electrons. The summed E-state index contributed by atoms with van der Waals surface area (Å²) in [5.74, 6) is 1.40. The number of aryl methyl sites for hydroxylation is 2. The first kappa shape index (κ1) is 11.0. The summed E-state index contributed by atoms with van der Waals surface area (Å²) in [6.07, 6.45) is 3.82. The smallest absolute Gasteiger partial charge is 0.0464 e. The van der Waals surface area contributed by atoms with Gasteiger partial charge in [-0.3, -0.25) is 0 Å². The highest BCUT2D eigenvalue weighted by atomic mass is 32.2. The standard InChI is InChI=1S/C13H18OS/c1-10(8-14)9-15-13-6-5-11-3-2-4-12(11)7-13/h5-7,10,14H,2-4,8-9H2,1H3. The number of fused-ring (bicyclic) bond motifs is 1. The molecule has 0 spiro atoms. The maximum atomic E-state index is 8.95. The first-order chi connectivity index (χ1) is 7.29. The molecule has 15 heavy (non-hydrogen) atoms. The van der Waals surface area contributed by atoms with Gasteiger partial charge < -0.3 is 5.11 Å². The summed E-state index contributed by atoms with van der Waals surface area (Å²) in [6, 6.07) is 6.82. The normalized spacial score (nSPS) is 16.4. The molecule has 1 unspecified atom stereocenters. The Morgan fingerprint density at radius 3 is 2.93 bits per heavy atom. The van der Waals surface area contributed by atoms with Crippen molar-refractivity contribution in [2.24, 2.45) is 5.92 Å². The average molecular weight is 222 g/mol. The third-order valence-electron chi connectivity index (χ3n) is 2.92. The minimum Gasteiger partial charge on any atom is -0.396 e. The molecule has 1 nitrogen and oxygen atoms in total. The Morgan fingerprint density at radius 1 is 1.33 bits per heavy atom. The second-order valence-corrected chi connectivity index (χ2v) is 5.48. The van der Waals surface area contributed by atoms with Crippen molar-refractivity contribution in [3.8, 4) is 0 Å². The molecule has 2 heteroatoms. The molecule has 1 aliphatic carbocycles.